The van der Waals surface area contributed by atoms with Gasteiger partial charge in [-0.1, -0.05) is 0 Å². The summed E-state index contributed by atoms with van der Waals surface area (Å²) in [5.41, 5.74) is 5.81. The van der Waals surface area contributed by atoms with Crippen LogP contribution in [-0.2, 0) is 9.53 Å². The van der Waals surface area contributed by atoms with E-state index in [9.17, 15) is 9.59 Å². The molecule has 0 aliphatic heterocycles. The van der Waals surface area contributed by atoms with Gasteiger partial charge in [0.05, 0.1) is 6.61 Å². The molecule has 0 aromatic rings. The van der Waals surface area contributed by atoms with Gasteiger partial charge in [-0.15, -0.1) is 0 Å². The van der Waals surface area contributed by atoms with Crippen molar-refractivity contribution in [2.75, 3.05) is 6.61 Å². The van der Waals surface area contributed by atoms with Crippen LogP contribution in [0.15, 0.2) is 28.9 Å². The van der Waals surface area contributed by atoms with E-state index in [1.807, 2.05) is 0 Å². The van der Waals surface area contributed by atoms with Crippen molar-refractivity contribution in [3.63, 3.8) is 0 Å². The molecule has 0 bridgehead atoms. The number of rotatable bonds is 1. The number of nitrogens with zero attached hydrogens (tertiary/aromatic N) is 1. The van der Waals surface area contributed by atoms with Crippen LogP contribution in [-0.4, -0.2) is 24.2 Å². The molecule has 0 spiro atoms. The highest BCUT2D eigenvalue weighted by molar-refractivity contribution is 6.50. The van der Waals surface area contributed by atoms with E-state index in [0.29, 0.717) is 5.70 Å². The Kier molecular flexibility index (Phi) is 3.17. The lowest BCUT2D eigenvalue weighted by molar-refractivity contribution is -0.108. The minimum atomic E-state index is -0.782. The molecule has 1 rings (SSSR count). The first-order valence-corrected chi connectivity index (χ1v) is 4.08. The zero-order chi connectivity index (χ0) is 10.6. The van der Waals surface area contributed by atoms with E-state index in [0.717, 1.165) is 0 Å². The van der Waals surface area contributed by atoms with Crippen molar-refractivity contribution in [3.8, 4) is 0 Å². The van der Waals surface area contributed by atoms with E-state index in [2.05, 4.69) is 9.73 Å². The first kappa shape index (κ1) is 10.2. The lowest BCUT2D eigenvalue weighted by atomic mass is 10.1. The maximum atomic E-state index is 11.2. The van der Waals surface area contributed by atoms with E-state index in [4.69, 9.17) is 5.73 Å². The summed E-state index contributed by atoms with van der Waals surface area (Å²) in [4.78, 5) is 25.5. The number of hydrogen-bond acceptors (Lipinski definition) is 4. The SMILES string of the molecule is CCOC(=O)N=C1C=C(N)C=CC1=O. The quantitative estimate of drug-likeness (QED) is 0.618. The molecule has 0 aromatic carbocycles. The van der Waals surface area contributed by atoms with Crippen LogP contribution < -0.4 is 5.73 Å². The van der Waals surface area contributed by atoms with Gasteiger partial charge in [-0.25, -0.2) is 4.79 Å². The Bertz CT molecular complexity index is 353. The molecule has 5 heteroatoms. The number of aliphatic imine (C=N–C) groups is 1. The molecule has 0 saturated carbocycles. The molecule has 74 valence electrons. The fourth-order valence-corrected chi connectivity index (χ4v) is 0.876. The summed E-state index contributed by atoms with van der Waals surface area (Å²) in [6.45, 7) is 1.88. The zero-order valence-electron chi connectivity index (χ0n) is 7.69. The zero-order valence-corrected chi connectivity index (χ0v) is 7.69. The third-order valence-corrected chi connectivity index (χ3v) is 1.46. The molecule has 0 aromatic heterocycles. The molecular formula is C9H10N2O3. The second kappa shape index (κ2) is 4.36. The normalized spacial score (nSPS) is 18.2. The lowest BCUT2D eigenvalue weighted by Crippen LogP contribution is -2.17. The van der Waals surface area contributed by atoms with Gasteiger partial charge in [0.2, 0.25) is 5.78 Å². The van der Waals surface area contributed by atoms with Crippen LogP contribution in [0.3, 0.4) is 0 Å². The highest BCUT2D eigenvalue weighted by Gasteiger charge is 2.12. The van der Waals surface area contributed by atoms with Crippen molar-refractivity contribution < 1.29 is 14.3 Å². The molecule has 1 amide bonds. The van der Waals surface area contributed by atoms with Crippen LogP contribution in [0, 0.1) is 0 Å². The predicted molar refractivity (Wildman–Crippen MR) is 50.9 cm³/mol. The number of hydrogen-bond donors (Lipinski definition) is 1. The van der Waals surface area contributed by atoms with Crippen LogP contribution >= 0.6 is 0 Å². The topological polar surface area (TPSA) is 81.8 Å². The van der Waals surface area contributed by atoms with Gasteiger partial charge in [-0.3, -0.25) is 4.79 Å². The van der Waals surface area contributed by atoms with E-state index in [1.54, 1.807) is 6.92 Å². The number of carbonyl (C=O) groups is 2. The van der Waals surface area contributed by atoms with Crippen molar-refractivity contribution >= 4 is 17.6 Å². The Morgan fingerprint density at radius 1 is 1.57 bits per heavy atom. The molecule has 1 aliphatic rings. The highest BCUT2D eigenvalue weighted by atomic mass is 16.5. The Labute approximate surface area is 80.9 Å². The van der Waals surface area contributed by atoms with Crippen molar-refractivity contribution in [3.05, 3.63) is 23.9 Å². The van der Waals surface area contributed by atoms with Crippen molar-refractivity contribution in [1.29, 1.82) is 0 Å². The average Bonchev–Trinajstić information content (AvgIpc) is 2.12. The molecule has 0 fully saturated rings. The second-order valence-corrected chi connectivity index (χ2v) is 2.54. The van der Waals surface area contributed by atoms with Gasteiger partial charge in [-0.2, -0.15) is 4.99 Å². The molecule has 5 nitrogen and oxygen atoms in total. The van der Waals surface area contributed by atoms with E-state index in [1.165, 1.54) is 18.2 Å². The molecule has 0 unspecified atom stereocenters. The molecule has 2 N–H and O–H groups in total. The standard InChI is InChI=1S/C9H10N2O3/c1-2-14-9(13)11-7-5-6(10)3-4-8(7)12/h3-5H,2,10H2,1H3. The average molecular weight is 194 g/mol. The molecule has 0 heterocycles. The van der Waals surface area contributed by atoms with Crippen molar-refractivity contribution in [2.45, 2.75) is 6.92 Å². The van der Waals surface area contributed by atoms with Gasteiger partial charge >= 0.3 is 6.09 Å². The van der Waals surface area contributed by atoms with Crippen LogP contribution in [0.25, 0.3) is 0 Å². The molecule has 1 aliphatic carbocycles. The molecule has 0 radical (unpaired) electrons. The van der Waals surface area contributed by atoms with E-state index >= 15 is 0 Å². The van der Waals surface area contributed by atoms with Crippen molar-refractivity contribution in [2.24, 2.45) is 10.7 Å². The first-order valence-electron chi connectivity index (χ1n) is 4.08. The monoisotopic (exact) mass is 194 g/mol. The van der Waals surface area contributed by atoms with Crippen LogP contribution in [0.5, 0.6) is 0 Å². The Hall–Kier alpha value is -1.91. The van der Waals surface area contributed by atoms with Crippen molar-refractivity contribution in [1.82, 2.24) is 0 Å². The first-order chi connectivity index (χ1) is 6.63. The number of ketones is 1. The third kappa shape index (κ3) is 2.55. The second-order valence-electron chi connectivity index (χ2n) is 2.54. The number of allylic oxidation sites excluding steroid dienone is 3. The molecule has 14 heavy (non-hydrogen) atoms. The summed E-state index contributed by atoms with van der Waals surface area (Å²) in [6.07, 6.45) is 3.26. The Balaban J connectivity index is 2.82. The fraction of sp³-hybridized carbons (Fsp3) is 0.222. The van der Waals surface area contributed by atoms with Gasteiger partial charge in [0.15, 0.2) is 0 Å². The smallest absolute Gasteiger partial charge is 0.434 e. The summed E-state index contributed by atoms with van der Waals surface area (Å²) < 4.78 is 4.56. The largest absolute Gasteiger partial charge is 0.448 e. The Morgan fingerprint density at radius 2 is 2.29 bits per heavy atom. The highest BCUT2D eigenvalue weighted by Crippen LogP contribution is 2.01. The summed E-state index contributed by atoms with van der Waals surface area (Å²) in [6, 6.07) is 0. The fourth-order valence-electron chi connectivity index (χ4n) is 0.876. The molecule has 0 atom stereocenters. The molecular weight excluding hydrogens is 184 g/mol. The summed E-state index contributed by atoms with van der Waals surface area (Å²) >= 11 is 0. The van der Waals surface area contributed by atoms with Gasteiger partial charge in [0, 0.05) is 5.70 Å². The number of ether oxygens (including phenoxy) is 1. The maximum absolute atomic E-state index is 11.2. The van der Waals surface area contributed by atoms with Crippen LogP contribution in [0.4, 0.5) is 4.79 Å². The third-order valence-electron chi connectivity index (χ3n) is 1.46. The van der Waals surface area contributed by atoms with E-state index < -0.39 is 6.09 Å². The van der Waals surface area contributed by atoms with Gasteiger partial charge in [-0.05, 0) is 25.2 Å². The number of carbonyl (C=O) groups excluding carboxylic acids is 2. The minimum Gasteiger partial charge on any atom is -0.448 e. The van der Waals surface area contributed by atoms with Crippen LogP contribution in [0.2, 0.25) is 0 Å². The summed E-state index contributed by atoms with van der Waals surface area (Å²) in [5.74, 6) is -0.354. The number of nitrogens with two attached hydrogens (primary N) is 1. The Morgan fingerprint density at radius 3 is 2.93 bits per heavy atom. The van der Waals surface area contributed by atoms with Gasteiger partial charge < -0.3 is 10.5 Å². The lowest BCUT2D eigenvalue weighted by Gasteiger charge is -2.03. The van der Waals surface area contributed by atoms with Gasteiger partial charge in [0.1, 0.15) is 5.71 Å². The van der Waals surface area contributed by atoms with Gasteiger partial charge in [0.25, 0.3) is 0 Å². The minimum absolute atomic E-state index is 0.00319. The van der Waals surface area contributed by atoms with Crippen LogP contribution in [0.1, 0.15) is 6.92 Å². The molecule has 0 saturated heterocycles. The predicted octanol–water partition coefficient (Wildman–Crippen LogP) is 0.565. The maximum Gasteiger partial charge on any atom is 0.434 e. The summed E-state index contributed by atoms with van der Waals surface area (Å²) in [7, 11) is 0. The number of amides is 1. The van der Waals surface area contributed by atoms with E-state index in [-0.39, 0.29) is 18.1 Å². The summed E-state index contributed by atoms with van der Waals surface area (Å²) in [5, 5.41) is 0.